The molecule has 0 aliphatic carbocycles. The highest BCUT2D eigenvalue weighted by Gasteiger charge is 2.27. The SMILES string of the molecule is Cc1ccccc1S(=O)(=O)c1oc2ccccc2c1Br. The van der Waals surface area contributed by atoms with Crippen molar-refractivity contribution in [1.29, 1.82) is 0 Å². The molecule has 3 aromatic rings. The number of halogens is 1. The van der Waals surface area contributed by atoms with Crippen LogP contribution in [-0.4, -0.2) is 8.42 Å². The maximum Gasteiger partial charge on any atom is 0.241 e. The van der Waals surface area contributed by atoms with Gasteiger partial charge in [-0.05, 0) is 46.6 Å². The van der Waals surface area contributed by atoms with Crippen LogP contribution in [0.15, 0.2) is 67.4 Å². The summed E-state index contributed by atoms with van der Waals surface area (Å²) in [7, 11) is -3.68. The van der Waals surface area contributed by atoms with E-state index in [9.17, 15) is 8.42 Å². The summed E-state index contributed by atoms with van der Waals surface area (Å²) >= 11 is 3.34. The van der Waals surface area contributed by atoms with Crippen molar-refractivity contribution in [2.75, 3.05) is 0 Å². The number of aryl methyl sites for hydroxylation is 1. The van der Waals surface area contributed by atoms with Gasteiger partial charge >= 0.3 is 0 Å². The second-order valence-corrected chi connectivity index (χ2v) is 7.08. The topological polar surface area (TPSA) is 47.3 Å². The molecule has 0 spiro atoms. The molecule has 0 fully saturated rings. The van der Waals surface area contributed by atoms with Gasteiger partial charge in [-0.25, -0.2) is 8.42 Å². The molecule has 0 atom stereocenters. The quantitative estimate of drug-likeness (QED) is 0.690. The largest absolute Gasteiger partial charge is 0.443 e. The highest BCUT2D eigenvalue weighted by atomic mass is 79.9. The van der Waals surface area contributed by atoms with Crippen LogP contribution in [0.5, 0.6) is 0 Å². The van der Waals surface area contributed by atoms with Gasteiger partial charge in [-0.1, -0.05) is 30.3 Å². The number of hydrogen-bond donors (Lipinski definition) is 0. The van der Waals surface area contributed by atoms with Gasteiger partial charge in [0.05, 0.1) is 9.37 Å². The second-order valence-electron chi connectivity index (χ2n) is 4.47. The predicted molar refractivity (Wildman–Crippen MR) is 80.5 cm³/mol. The summed E-state index contributed by atoms with van der Waals surface area (Å²) < 4.78 is 31.4. The number of sulfone groups is 1. The highest BCUT2D eigenvalue weighted by molar-refractivity contribution is 9.10. The van der Waals surface area contributed by atoms with E-state index >= 15 is 0 Å². The Hall–Kier alpha value is -1.59. The van der Waals surface area contributed by atoms with Crippen molar-refractivity contribution in [3.05, 3.63) is 58.6 Å². The molecule has 5 heteroatoms. The maximum absolute atomic E-state index is 12.7. The van der Waals surface area contributed by atoms with Gasteiger partial charge in [0.2, 0.25) is 14.9 Å². The maximum atomic E-state index is 12.7. The minimum atomic E-state index is -3.68. The van der Waals surface area contributed by atoms with E-state index in [2.05, 4.69) is 15.9 Å². The Morgan fingerprint density at radius 3 is 2.35 bits per heavy atom. The van der Waals surface area contributed by atoms with Crippen molar-refractivity contribution in [1.82, 2.24) is 0 Å². The number of para-hydroxylation sites is 1. The third kappa shape index (κ3) is 1.98. The molecule has 0 aliphatic rings. The van der Waals surface area contributed by atoms with Gasteiger partial charge in [-0.2, -0.15) is 0 Å². The van der Waals surface area contributed by atoms with E-state index in [4.69, 9.17) is 4.42 Å². The van der Waals surface area contributed by atoms with E-state index in [-0.39, 0.29) is 9.99 Å². The van der Waals surface area contributed by atoms with E-state index in [0.29, 0.717) is 15.6 Å². The Balaban J connectivity index is 2.30. The number of fused-ring (bicyclic) bond motifs is 1. The van der Waals surface area contributed by atoms with Crippen LogP contribution in [0.1, 0.15) is 5.56 Å². The van der Waals surface area contributed by atoms with Crippen LogP contribution in [0, 0.1) is 6.92 Å². The third-order valence-corrected chi connectivity index (χ3v) is 6.00. The van der Waals surface area contributed by atoms with Crippen LogP contribution in [0.2, 0.25) is 0 Å². The van der Waals surface area contributed by atoms with E-state index in [1.54, 1.807) is 31.2 Å². The fourth-order valence-corrected chi connectivity index (χ4v) is 4.66. The molecule has 0 saturated heterocycles. The van der Waals surface area contributed by atoms with Crippen LogP contribution in [0.3, 0.4) is 0 Å². The Morgan fingerprint density at radius 2 is 1.65 bits per heavy atom. The van der Waals surface area contributed by atoms with Crippen molar-refractivity contribution in [3.63, 3.8) is 0 Å². The number of benzene rings is 2. The fourth-order valence-electron chi connectivity index (χ4n) is 2.12. The first kappa shape index (κ1) is 13.4. The summed E-state index contributed by atoms with van der Waals surface area (Å²) in [6.07, 6.45) is 0. The first-order chi connectivity index (χ1) is 9.51. The molecule has 0 saturated carbocycles. The number of furan rings is 1. The fraction of sp³-hybridized carbons (Fsp3) is 0.0667. The molecular formula is C15H11BrO3S. The van der Waals surface area contributed by atoms with Gasteiger partial charge < -0.3 is 4.42 Å². The molecule has 20 heavy (non-hydrogen) atoms. The molecule has 3 rings (SSSR count). The zero-order valence-electron chi connectivity index (χ0n) is 10.6. The Labute approximate surface area is 125 Å². The normalized spacial score (nSPS) is 11.9. The van der Waals surface area contributed by atoms with Crippen molar-refractivity contribution < 1.29 is 12.8 Å². The molecule has 2 aromatic carbocycles. The monoisotopic (exact) mass is 350 g/mol. The minimum Gasteiger partial charge on any atom is -0.443 e. The Bertz CT molecular complexity index is 894. The van der Waals surface area contributed by atoms with Crippen LogP contribution < -0.4 is 0 Å². The van der Waals surface area contributed by atoms with E-state index in [1.807, 2.05) is 24.3 Å². The highest BCUT2D eigenvalue weighted by Crippen LogP contribution is 2.37. The van der Waals surface area contributed by atoms with Crippen molar-refractivity contribution in [3.8, 4) is 0 Å². The first-order valence-electron chi connectivity index (χ1n) is 5.99. The Morgan fingerprint density at radius 1 is 1.00 bits per heavy atom. The van der Waals surface area contributed by atoms with Crippen molar-refractivity contribution in [2.24, 2.45) is 0 Å². The van der Waals surface area contributed by atoms with Crippen molar-refractivity contribution in [2.45, 2.75) is 16.9 Å². The second kappa shape index (κ2) is 4.75. The zero-order valence-corrected chi connectivity index (χ0v) is 13.0. The van der Waals surface area contributed by atoms with Crippen LogP contribution in [0.4, 0.5) is 0 Å². The summed E-state index contributed by atoms with van der Waals surface area (Å²) in [5.74, 6) is 0. The van der Waals surface area contributed by atoms with E-state index < -0.39 is 9.84 Å². The summed E-state index contributed by atoms with van der Waals surface area (Å²) in [5.41, 5.74) is 1.24. The summed E-state index contributed by atoms with van der Waals surface area (Å²) in [4.78, 5) is 0.264. The van der Waals surface area contributed by atoms with Gasteiger partial charge in [0, 0.05) is 5.39 Å². The average molecular weight is 351 g/mol. The molecule has 3 nitrogen and oxygen atoms in total. The predicted octanol–water partition coefficient (Wildman–Crippen LogP) is 4.34. The molecule has 0 radical (unpaired) electrons. The molecule has 0 N–H and O–H groups in total. The average Bonchev–Trinajstić information content (AvgIpc) is 2.78. The van der Waals surface area contributed by atoms with Crippen LogP contribution in [-0.2, 0) is 9.84 Å². The van der Waals surface area contributed by atoms with Gasteiger partial charge in [0.15, 0.2) is 0 Å². The minimum absolute atomic E-state index is 0.0481. The smallest absolute Gasteiger partial charge is 0.241 e. The standard InChI is InChI=1S/C15H11BrO3S/c1-10-6-2-5-9-13(10)20(17,18)15-14(16)11-7-3-4-8-12(11)19-15/h2-9H,1H3. The van der Waals surface area contributed by atoms with Crippen LogP contribution in [0.25, 0.3) is 11.0 Å². The molecule has 0 bridgehead atoms. The Kier molecular flexibility index (Phi) is 3.18. The number of hydrogen-bond acceptors (Lipinski definition) is 3. The molecule has 0 amide bonds. The van der Waals surface area contributed by atoms with E-state index in [0.717, 1.165) is 5.39 Å². The summed E-state index contributed by atoms with van der Waals surface area (Å²) in [6.45, 7) is 1.77. The van der Waals surface area contributed by atoms with Gasteiger partial charge in [-0.3, -0.25) is 0 Å². The number of rotatable bonds is 2. The summed E-state index contributed by atoms with van der Waals surface area (Å²) in [6, 6.07) is 14.1. The van der Waals surface area contributed by atoms with E-state index in [1.165, 1.54) is 0 Å². The molecule has 1 aromatic heterocycles. The lowest BCUT2D eigenvalue weighted by Gasteiger charge is -2.05. The molecule has 102 valence electrons. The molecule has 1 heterocycles. The first-order valence-corrected chi connectivity index (χ1v) is 8.27. The lowest BCUT2D eigenvalue weighted by atomic mass is 10.2. The molecule has 0 aliphatic heterocycles. The lowest BCUT2D eigenvalue weighted by molar-refractivity contribution is 0.478. The lowest BCUT2D eigenvalue weighted by Crippen LogP contribution is -2.03. The van der Waals surface area contributed by atoms with Gasteiger partial charge in [0.25, 0.3) is 0 Å². The van der Waals surface area contributed by atoms with Crippen molar-refractivity contribution >= 4 is 36.7 Å². The zero-order chi connectivity index (χ0) is 14.3. The molecular weight excluding hydrogens is 340 g/mol. The summed E-state index contributed by atoms with van der Waals surface area (Å²) in [5, 5.41) is 0.702. The third-order valence-electron chi connectivity index (χ3n) is 3.13. The van der Waals surface area contributed by atoms with Crippen LogP contribution >= 0.6 is 15.9 Å². The van der Waals surface area contributed by atoms with Gasteiger partial charge in [0.1, 0.15) is 5.58 Å². The molecule has 0 unspecified atom stereocenters. The van der Waals surface area contributed by atoms with Gasteiger partial charge in [-0.15, -0.1) is 0 Å².